The Morgan fingerprint density at radius 1 is 1.00 bits per heavy atom. The van der Waals surface area contributed by atoms with Crippen molar-refractivity contribution in [3.63, 3.8) is 0 Å². The Morgan fingerprint density at radius 3 is 2.19 bits per heavy atom. The minimum absolute atomic E-state index is 0.371. The Labute approximate surface area is 100 Å². The zero-order valence-corrected chi connectivity index (χ0v) is 10.7. The molecule has 0 amide bonds. The van der Waals surface area contributed by atoms with Gasteiger partial charge in [0.05, 0.1) is 5.60 Å². The Kier molecular flexibility index (Phi) is 4.26. The second-order valence-electron chi connectivity index (χ2n) is 5.99. The summed E-state index contributed by atoms with van der Waals surface area (Å²) in [7, 11) is 2.21. The lowest BCUT2D eigenvalue weighted by molar-refractivity contribution is -0.0322. The first kappa shape index (κ1) is 12.4. The van der Waals surface area contributed by atoms with Crippen LogP contribution in [0.1, 0.15) is 64.2 Å². The van der Waals surface area contributed by atoms with E-state index in [9.17, 15) is 5.11 Å². The zero-order valence-electron chi connectivity index (χ0n) is 10.7. The molecule has 0 aromatic heterocycles. The summed E-state index contributed by atoms with van der Waals surface area (Å²) in [6.07, 6.45) is 12.6. The van der Waals surface area contributed by atoms with Crippen molar-refractivity contribution in [2.45, 2.75) is 75.9 Å². The maximum atomic E-state index is 10.5. The van der Waals surface area contributed by atoms with Crippen molar-refractivity contribution in [1.29, 1.82) is 0 Å². The standard InChI is InChI=1S/C14H27NO/c1-15(13-8-4-2-5-9-13)12-14(16)10-6-3-7-11-14/h13,16H,2-12H2,1H3. The first-order chi connectivity index (χ1) is 7.70. The highest BCUT2D eigenvalue weighted by Gasteiger charge is 2.32. The summed E-state index contributed by atoms with van der Waals surface area (Å²) in [5.74, 6) is 0. The molecule has 0 bridgehead atoms. The largest absolute Gasteiger partial charge is 0.389 e. The average Bonchev–Trinajstić information content (AvgIpc) is 2.30. The lowest BCUT2D eigenvalue weighted by Gasteiger charge is -2.39. The van der Waals surface area contributed by atoms with Crippen molar-refractivity contribution >= 4 is 0 Å². The molecule has 2 fully saturated rings. The molecule has 16 heavy (non-hydrogen) atoms. The molecule has 0 heterocycles. The molecule has 2 aliphatic rings. The molecule has 2 saturated carbocycles. The van der Waals surface area contributed by atoms with Gasteiger partial charge in [-0.2, -0.15) is 0 Å². The van der Waals surface area contributed by atoms with Crippen LogP contribution in [0.4, 0.5) is 0 Å². The maximum absolute atomic E-state index is 10.5. The van der Waals surface area contributed by atoms with Gasteiger partial charge in [0.25, 0.3) is 0 Å². The normalized spacial score (nSPS) is 27.2. The van der Waals surface area contributed by atoms with Gasteiger partial charge in [0.15, 0.2) is 0 Å². The van der Waals surface area contributed by atoms with Crippen molar-refractivity contribution < 1.29 is 5.11 Å². The van der Waals surface area contributed by atoms with E-state index in [0.717, 1.165) is 25.4 Å². The number of hydrogen-bond donors (Lipinski definition) is 1. The van der Waals surface area contributed by atoms with Crippen molar-refractivity contribution in [2.75, 3.05) is 13.6 Å². The predicted octanol–water partition coefficient (Wildman–Crippen LogP) is 2.95. The lowest BCUT2D eigenvalue weighted by atomic mass is 9.83. The van der Waals surface area contributed by atoms with Crippen LogP contribution in [0.5, 0.6) is 0 Å². The van der Waals surface area contributed by atoms with Crippen LogP contribution in [0, 0.1) is 0 Å². The summed E-state index contributed by atoms with van der Waals surface area (Å²) in [4.78, 5) is 2.44. The van der Waals surface area contributed by atoms with Crippen LogP contribution in [-0.4, -0.2) is 35.2 Å². The molecule has 0 radical (unpaired) electrons. The van der Waals surface area contributed by atoms with Crippen LogP contribution in [-0.2, 0) is 0 Å². The summed E-state index contributed by atoms with van der Waals surface area (Å²) < 4.78 is 0. The third-order valence-corrected chi connectivity index (χ3v) is 4.53. The van der Waals surface area contributed by atoms with E-state index in [4.69, 9.17) is 0 Å². The molecule has 94 valence electrons. The molecule has 0 aromatic rings. The second-order valence-corrected chi connectivity index (χ2v) is 5.99. The Bertz CT molecular complexity index is 205. The van der Waals surface area contributed by atoms with Gasteiger partial charge < -0.3 is 10.0 Å². The first-order valence-electron chi connectivity index (χ1n) is 7.12. The number of hydrogen-bond acceptors (Lipinski definition) is 2. The van der Waals surface area contributed by atoms with E-state index in [1.807, 2.05) is 0 Å². The predicted molar refractivity (Wildman–Crippen MR) is 67.5 cm³/mol. The number of nitrogens with zero attached hydrogens (tertiary/aromatic N) is 1. The zero-order chi connectivity index (χ0) is 11.4. The van der Waals surface area contributed by atoms with Gasteiger partial charge in [0.2, 0.25) is 0 Å². The van der Waals surface area contributed by atoms with Crippen LogP contribution in [0.15, 0.2) is 0 Å². The van der Waals surface area contributed by atoms with Crippen LogP contribution in [0.3, 0.4) is 0 Å². The number of aliphatic hydroxyl groups is 1. The summed E-state index contributed by atoms with van der Waals surface area (Å²) >= 11 is 0. The van der Waals surface area contributed by atoms with Crippen molar-refractivity contribution in [2.24, 2.45) is 0 Å². The van der Waals surface area contributed by atoms with E-state index in [1.165, 1.54) is 51.4 Å². The highest BCUT2D eigenvalue weighted by atomic mass is 16.3. The van der Waals surface area contributed by atoms with Gasteiger partial charge in [-0.05, 0) is 32.7 Å². The minimum atomic E-state index is -0.371. The molecular formula is C14H27NO. The molecule has 0 aliphatic heterocycles. The quantitative estimate of drug-likeness (QED) is 0.798. The van der Waals surface area contributed by atoms with E-state index >= 15 is 0 Å². The van der Waals surface area contributed by atoms with Crippen molar-refractivity contribution in [1.82, 2.24) is 4.90 Å². The van der Waals surface area contributed by atoms with E-state index in [2.05, 4.69) is 11.9 Å². The smallest absolute Gasteiger partial charge is 0.0774 e. The Morgan fingerprint density at radius 2 is 1.56 bits per heavy atom. The van der Waals surface area contributed by atoms with E-state index in [-0.39, 0.29) is 5.60 Å². The molecule has 2 rings (SSSR count). The van der Waals surface area contributed by atoms with E-state index < -0.39 is 0 Å². The third-order valence-electron chi connectivity index (χ3n) is 4.53. The molecule has 0 unspecified atom stereocenters. The highest BCUT2D eigenvalue weighted by Crippen LogP contribution is 2.30. The topological polar surface area (TPSA) is 23.5 Å². The van der Waals surface area contributed by atoms with Gasteiger partial charge >= 0.3 is 0 Å². The fourth-order valence-corrected chi connectivity index (χ4v) is 3.48. The number of rotatable bonds is 3. The van der Waals surface area contributed by atoms with E-state index in [0.29, 0.717) is 0 Å². The second kappa shape index (κ2) is 5.50. The number of likely N-dealkylation sites (N-methyl/N-ethyl adjacent to an activating group) is 1. The van der Waals surface area contributed by atoms with Crippen LogP contribution < -0.4 is 0 Å². The monoisotopic (exact) mass is 225 g/mol. The molecule has 2 nitrogen and oxygen atoms in total. The van der Waals surface area contributed by atoms with E-state index in [1.54, 1.807) is 0 Å². The van der Waals surface area contributed by atoms with Gasteiger partial charge in [0, 0.05) is 12.6 Å². The molecule has 0 saturated heterocycles. The van der Waals surface area contributed by atoms with Gasteiger partial charge in [-0.3, -0.25) is 0 Å². The summed E-state index contributed by atoms with van der Waals surface area (Å²) in [5, 5.41) is 10.5. The molecule has 0 spiro atoms. The maximum Gasteiger partial charge on any atom is 0.0774 e. The van der Waals surface area contributed by atoms with Crippen LogP contribution in [0.2, 0.25) is 0 Å². The molecule has 0 atom stereocenters. The van der Waals surface area contributed by atoms with Crippen LogP contribution in [0.25, 0.3) is 0 Å². The van der Waals surface area contributed by atoms with Gasteiger partial charge in [-0.1, -0.05) is 38.5 Å². The first-order valence-corrected chi connectivity index (χ1v) is 7.12. The van der Waals surface area contributed by atoms with Gasteiger partial charge in [-0.15, -0.1) is 0 Å². The van der Waals surface area contributed by atoms with Crippen molar-refractivity contribution in [3.05, 3.63) is 0 Å². The third kappa shape index (κ3) is 3.21. The van der Waals surface area contributed by atoms with Crippen LogP contribution >= 0.6 is 0 Å². The fraction of sp³-hybridized carbons (Fsp3) is 1.00. The lowest BCUT2D eigenvalue weighted by Crippen LogP contribution is -2.47. The Hall–Kier alpha value is -0.0800. The summed E-state index contributed by atoms with van der Waals surface area (Å²) in [6, 6.07) is 0.736. The Balaban J connectivity index is 1.82. The molecule has 2 aliphatic carbocycles. The molecular weight excluding hydrogens is 198 g/mol. The SMILES string of the molecule is CN(CC1(O)CCCCC1)C1CCCCC1. The molecule has 1 N–H and O–H groups in total. The van der Waals surface area contributed by atoms with Gasteiger partial charge in [0.1, 0.15) is 0 Å². The van der Waals surface area contributed by atoms with Gasteiger partial charge in [-0.25, -0.2) is 0 Å². The summed E-state index contributed by atoms with van der Waals surface area (Å²) in [6.45, 7) is 0.900. The van der Waals surface area contributed by atoms with Crippen molar-refractivity contribution in [3.8, 4) is 0 Å². The molecule has 2 heteroatoms. The minimum Gasteiger partial charge on any atom is -0.389 e. The summed E-state index contributed by atoms with van der Waals surface area (Å²) in [5.41, 5.74) is -0.371. The average molecular weight is 225 g/mol. The molecule has 0 aromatic carbocycles. The fourth-order valence-electron chi connectivity index (χ4n) is 3.48. The highest BCUT2D eigenvalue weighted by molar-refractivity contribution is 4.87.